The van der Waals surface area contributed by atoms with Gasteiger partial charge in [-0.25, -0.2) is 18.1 Å². The van der Waals surface area contributed by atoms with E-state index in [2.05, 4.69) is 15.0 Å². The Morgan fingerprint density at radius 1 is 1.14 bits per heavy atom. The van der Waals surface area contributed by atoms with Crippen LogP contribution in [0.25, 0.3) is 10.6 Å². The molecule has 3 aromatic rings. The van der Waals surface area contributed by atoms with E-state index < -0.39 is 10.0 Å². The number of hydrogen-bond donors (Lipinski definition) is 2. The minimum absolute atomic E-state index is 0.119. The Morgan fingerprint density at radius 2 is 1.89 bits per heavy atom. The van der Waals surface area contributed by atoms with E-state index in [0.717, 1.165) is 5.56 Å². The zero-order valence-corrected chi connectivity index (χ0v) is 17.8. The van der Waals surface area contributed by atoms with E-state index in [-0.39, 0.29) is 10.8 Å². The molecule has 0 spiro atoms. The first-order valence-corrected chi connectivity index (χ1v) is 11.0. The quantitative estimate of drug-likeness (QED) is 0.627. The van der Waals surface area contributed by atoms with Crippen LogP contribution in [0.5, 0.6) is 0 Å². The van der Waals surface area contributed by atoms with Crippen molar-refractivity contribution in [3.63, 3.8) is 0 Å². The van der Waals surface area contributed by atoms with Crippen LogP contribution in [-0.4, -0.2) is 26.4 Å². The van der Waals surface area contributed by atoms with Gasteiger partial charge in [-0.05, 0) is 50.7 Å². The number of nitrogens with one attached hydrogen (secondary N) is 2. The van der Waals surface area contributed by atoms with Gasteiger partial charge in [-0.2, -0.15) is 0 Å². The van der Waals surface area contributed by atoms with Gasteiger partial charge in [0.05, 0.1) is 10.6 Å². The maximum Gasteiger partial charge on any atom is 0.267 e. The van der Waals surface area contributed by atoms with Gasteiger partial charge in [0.25, 0.3) is 5.91 Å². The normalized spacial score (nSPS) is 11.4. The monoisotopic (exact) mass is 435 g/mol. The maximum atomic E-state index is 12.7. The van der Waals surface area contributed by atoms with E-state index in [1.165, 1.54) is 24.5 Å². The molecule has 6 nitrogen and oxygen atoms in total. The molecule has 146 valence electrons. The van der Waals surface area contributed by atoms with E-state index >= 15 is 0 Å². The van der Waals surface area contributed by atoms with Gasteiger partial charge in [0.1, 0.15) is 9.88 Å². The predicted octanol–water partition coefficient (Wildman–Crippen LogP) is 4.24. The molecule has 9 heteroatoms. The highest BCUT2D eigenvalue weighted by Crippen LogP contribution is 2.30. The topological polar surface area (TPSA) is 88.2 Å². The Balaban J connectivity index is 1.89. The molecule has 0 unspecified atom stereocenters. The molecular weight excluding hydrogens is 418 g/mol. The summed E-state index contributed by atoms with van der Waals surface area (Å²) >= 11 is 7.28. The number of hydrogen-bond acceptors (Lipinski definition) is 5. The number of amides is 1. The van der Waals surface area contributed by atoms with Gasteiger partial charge in [0, 0.05) is 16.3 Å². The van der Waals surface area contributed by atoms with Crippen molar-refractivity contribution in [1.29, 1.82) is 0 Å². The Hall–Kier alpha value is -2.26. The molecule has 0 saturated heterocycles. The number of nitrogens with zero attached hydrogens (tertiary/aromatic N) is 1. The summed E-state index contributed by atoms with van der Waals surface area (Å²) in [5.41, 5.74) is 2.40. The first-order chi connectivity index (χ1) is 13.2. The Kier molecular flexibility index (Phi) is 5.85. The lowest BCUT2D eigenvalue weighted by Crippen LogP contribution is -2.20. The van der Waals surface area contributed by atoms with Crippen LogP contribution in [0.15, 0.2) is 47.4 Å². The van der Waals surface area contributed by atoms with Crippen molar-refractivity contribution in [2.75, 3.05) is 12.4 Å². The van der Waals surface area contributed by atoms with Crippen LogP contribution >= 0.6 is 22.9 Å². The number of anilines is 1. The van der Waals surface area contributed by atoms with Crippen molar-refractivity contribution < 1.29 is 13.2 Å². The van der Waals surface area contributed by atoms with E-state index in [9.17, 15) is 13.2 Å². The third-order valence-electron chi connectivity index (χ3n) is 4.08. The number of carbonyl (C=O) groups excluding carboxylic acids is 1. The molecule has 28 heavy (non-hydrogen) atoms. The van der Waals surface area contributed by atoms with Crippen molar-refractivity contribution in [1.82, 2.24) is 9.71 Å². The molecular formula is C19H18ClN3O3S2. The molecule has 0 radical (unpaired) electrons. The molecule has 0 atom stereocenters. The molecule has 2 N–H and O–H groups in total. The van der Waals surface area contributed by atoms with Crippen LogP contribution in [-0.2, 0) is 10.0 Å². The average molecular weight is 436 g/mol. The zero-order chi connectivity index (χ0) is 20.5. The lowest BCUT2D eigenvalue weighted by Gasteiger charge is -2.10. The van der Waals surface area contributed by atoms with Crippen molar-refractivity contribution in [3.8, 4) is 10.6 Å². The summed E-state index contributed by atoms with van der Waals surface area (Å²) in [7, 11) is -2.27. The summed E-state index contributed by atoms with van der Waals surface area (Å²) in [4.78, 5) is 17.8. The highest BCUT2D eigenvalue weighted by atomic mass is 35.5. The second-order valence-electron chi connectivity index (χ2n) is 6.09. The van der Waals surface area contributed by atoms with E-state index in [1.807, 2.05) is 12.1 Å². The summed E-state index contributed by atoms with van der Waals surface area (Å²) in [6.07, 6.45) is 0. The van der Waals surface area contributed by atoms with Crippen LogP contribution in [0.1, 0.15) is 20.9 Å². The van der Waals surface area contributed by atoms with Crippen LogP contribution in [0.3, 0.4) is 0 Å². The number of aromatic nitrogens is 1. The minimum Gasteiger partial charge on any atom is -0.321 e. The fourth-order valence-electron chi connectivity index (χ4n) is 2.62. The third-order valence-corrected chi connectivity index (χ3v) is 7.08. The van der Waals surface area contributed by atoms with E-state index in [4.69, 9.17) is 11.6 Å². The van der Waals surface area contributed by atoms with Gasteiger partial charge in [-0.1, -0.05) is 29.8 Å². The minimum atomic E-state index is -3.62. The number of sulfonamides is 1. The molecule has 1 heterocycles. The summed E-state index contributed by atoms with van der Waals surface area (Å²) in [5.74, 6) is -0.347. The van der Waals surface area contributed by atoms with Gasteiger partial charge in [-0.3, -0.25) is 4.79 Å². The van der Waals surface area contributed by atoms with Crippen molar-refractivity contribution in [3.05, 3.63) is 63.6 Å². The molecule has 3 rings (SSSR count). The fourth-order valence-corrected chi connectivity index (χ4v) is 4.76. The Labute approximate surface area is 172 Å². The van der Waals surface area contributed by atoms with Gasteiger partial charge >= 0.3 is 0 Å². The molecule has 0 aliphatic carbocycles. The highest BCUT2D eigenvalue weighted by molar-refractivity contribution is 7.89. The molecule has 0 aliphatic heterocycles. The van der Waals surface area contributed by atoms with Gasteiger partial charge in [-0.15, -0.1) is 11.3 Å². The average Bonchev–Trinajstić information content (AvgIpc) is 3.05. The van der Waals surface area contributed by atoms with Crippen LogP contribution in [0.2, 0.25) is 5.02 Å². The van der Waals surface area contributed by atoms with Crippen molar-refractivity contribution in [2.45, 2.75) is 18.7 Å². The molecule has 0 aliphatic rings. The standard InChI is InChI=1S/C19H18ClN3O3S2/c1-11-7-8-15(10-16(11)28(25,26)21-3)23-18(24)17-12(2)22-19(27-17)13-5-4-6-14(20)9-13/h4-10,21H,1-3H3,(H,23,24). The predicted molar refractivity (Wildman–Crippen MR) is 113 cm³/mol. The second kappa shape index (κ2) is 8.00. The number of benzene rings is 2. The fraction of sp³-hybridized carbons (Fsp3) is 0.158. The van der Waals surface area contributed by atoms with Crippen LogP contribution in [0.4, 0.5) is 5.69 Å². The molecule has 1 amide bonds. The highest BCUT2D eigenvalue weighted by Gasteiger charge is 2.19. The molecule has 2 aromatic carbocycles. The molecule has 1 aromatic heterocycles. The zero-order valence-electron chi connectivity index (χ0n) is 15.4. The van der Waals surface area contributed by atoms with Crippen molar-refractivity contribution in [2.24, 2.45) is 0 Å². The van der Waals surface area contributed by atoms with Crippen LogP contribution < -0.4 is 10.0 Å². The van der Waals surface area contributed by atoms with E-state index in [1.54, 1.807) is 38.1 Å². The number of thiazole rings is 1. The second-order valence-corrected chi connectivity index (χ2v) is 9.38. The first-order valence-electron chi connectivity index (χ1n) is 8.30. The molecule has 0 fully saturated rings. The summed E-state index contributed by atoms with van der Waals surface area (Å²) < 4.78 is 26.5. The Bertz CT molecular complexity index is 1160. The molecule has 0 bridgehead atoms. The van der Waals surface area contributed by atoms with Crippen molar-refractivity contribution >= 4 is 44.6 Å². The Morgan fingerprint density at radius 3 is 2.57 bits per heavy atom. The van der Waals surface area contributed by atoms with Crippen LogP contribution in [0, 0.1) is 13.8 Å². The number of rotatable bonds is 5. The lowest BCUT2D eigenvalue weighted by molar-refractivity contribution is 0.102. The summed E-state index contributed by atoms with van der Waals surface area (Å²) in [6, 6.07) is 12.0. The number of halogens is 1. The maximum absolute atomic E-state index is 12.7. The largest absolute Gasteiger partial charge is 0.321 e. The van der Waals surface area contributed by atoms with Gasteiger partial charge < -0.3 is 5.32 Å². The molecule has 0 saturated carbocycles. The van der Waals surface area contributed by atoms with Gasteiger partial charge in [0.15, 0.2) is 0 Å². The summed E-state index contributed by atoms with van der Waals surface area (Å²) in [5, 5.41) is 4.03. The first kappa shape index (κ1) is 20.5. The smallest absolute Gasteiger partial charge is 0.267 e. The lowest BCUT2D eigenvalue weighted by atomic mass is 10.2. The third kappa shape index (κ3) is 4.25. The van der Waals surface area contributed by atoms with E-state index in [0.29, 0.717) is 31.9 Å². The van der Waals surface area contributed by atoms with Gasteiger partial charge in [0.2, 0.25) is 10.0 Å². The summed E-state index contributed by atoms with van der Waals surface area (Å²) in [6.45, 7) is 3.45. The SMILES string of the molecule is CNS(=O)(=O)c1cc(NC(=O)c2sc(-c3cccc(Cl)c3)nc2C)ccc1C. The number of aryl methyl sites for hydroxylation is 2. The number of carbonyl (C=O) groups is 1.